The zero-order chi connectivity index (χ0) is 40.6. The summed E-state index contributed by atoms with van der Waals surface area (Å²) in [6.07, 6.45) is 10.5. The van der Waals surface area contributed by atoms with Crippen LogP contribution in [-0.2, 0) is 33.3 Å². The molecular weight excluding hydrogens is 779 g/mol. The molecular formula is C49H71IO4. The summed E-state index contributed by atoms with van der Waals surface area (Å²) >= 11 is 1.93. The number of benzene rings is 2. The largest absolute Gasteiger partial charge is 0.508 e. The van der Waals surface area contributed by atoms with Gasteiger partial charge in [-0.2, -0.15) is 0 Å². The van der Waals surface area contributed by atoms with Crippen molar-refractivity contribution in [3.63, 3.8) is 0 Å². The number of Topliss-reactive ketones (excluding diaryl/α,β-unsaturated/α-hetero) is 2. The lowest BCUT2D eigenvalue weighted by Crippen LogP contribution is -2.54. The van der Waals surface area contributed by atoms with E-state index < -0.39 is 0 Å². The maximum atomic E-state index is 13.5. The Hall–Kier alpha value is -2.02. The molecule has 298 valence electrons. The molecule has 2 aromatic rings. The third-order valence-electron chi connectivity index (χ3n) is 14.9. The normalized spacial score (nSPS) is 30.7. The fraction of sp³-hybridized carbons (Fsp3) is 0.694. The second kappa shape index (κ2) is 14.7. The highest BCUT2D eigenvalue weighted by Crippen LogP contribution is 2.61. The SMILES string of the molecule is CC(C)c1cc2c(cc1C(=O)I)C1(C)CCCC(C)(C(=O)C(C)(C)C)C1CC2.CC(C)c1cc2c(cc1O)C1(C)CCCC(C)(C(=O)C(C)(C)C)C1CC2. The Kier molecular flexibility index (Phi) is 11.8. The fourth-order valence-electron chi connectivity index (χ4n) is 12.4. The minimum atomic E-state index is -0.321. The van der Waals surface area contributed by atoms with E-state index in [1.54, 1.807) is 0 Å². The Bertz CT molecular complexity index is 1800. The van der Waals surface area contributed by atoms with E-state index in [4.69, 9.17) is 0 Å². The van der Waals surface area contributed by atoms with Crippen LogP contribution in [0.25, 0.3) is 0 Å². The van der Waals surface area contributed by atoms with Crippen molar-refractivity contribution in [1.29, 1.82) is 0 Å². The first kappa shape index (κ1) is 43.1. The lowest BCUT2D eigenvalue weighted by atomic mass is 9.47. The Balaban J connectivity index is 0.000000208. The van der Waals surface area contributed by atoms with Crippen LogP contribution < -0.4 is 0 Å². The van der Waals surface area contributed by atoms with E-state index in [0.29, 0.717) is 41.0 Å². The monoisotopic (exact) mass is 850 g/mol. The van der Waals surface area contributed by atoms with E-state index in [1.807, 2.05) is 28.7 Å². The number of carbonyl (C=O) groups is 3. The van der Waals surface area contributed by atoms with Gasteiger partial charge in [-0.15, -0.1) is 0 Å². The second-order valence-corrected chi connectivity index (χ2v) is 22.4. The average Bonchev–Trinajstić information content (AvgIpc) is 3.06. The highest BCUT2D eigenvalue weighted by atomic mass is 127. The fourth-order valence-corrected chi connectivity index (χ4v) is 12.9. The van der Waals surface area contributed by atoms with Gasteiger partial charge in [0, 0.05) is 49.8 Å². The minimum absolute atomic E-state index is 0.0194. The Morgan fingerprint density at radius 1 is 0.648 bits per heavy atom. The molecule has 0 aliphatic heterocycles. The first-order valence-corrected chi connectivity index (χ1v) is 22.1. The van der Waals surface area contributed by atoms with Crippen LogP contribution in [0.1, 0.15) is 204 Å². The third kappa shape index (κ3) is 7.32. The number of phenols is 1. The summed E-state index contributed by atoms with van der Waals surface area (Å²) in [5.41, 5.74) is 7.27. The van der Waals surface area contributed by atoms with Gasteiger partial charge in [-0.25, -0.2) is 0 Å². The highest BCUT2D eigenvalue weighted by molar-refractivity contribution is 14.1. The first-order chi connectivity index (χ1) is 24.7. The van der Waals surface area contributed by atoms with Gasteiger partial charge in [0.2, 0.25) is 3.79 Å². The number of carbonyl (C=O) groups excluding carboxylic acids is 3. The molecule has 0 heterocycles. The molecule has 0 aromatic heterocycles. The van der Waals surface area contributed by atoms with Crippen molar-refractivity contribution >= 4 is 37.9 Å². The number of aromatic hydroxyl groups is 1. The van der Waals surface area contributed by atoms with Crippen molar-refractivity contribution in [2.75, 3.05) is 0 Å². The quantitative estimate of drug-likeness (QED) is 0.240. The maximum absolute atomic E-state index is 13.5. The van der Waals surface area contributed by atoms with Gasteiger partial charge in [-0.1, -0.05) is 122 Å². The van der Waals surface area contributed by atoms with Gasteiger partial charge in [0.25, 0.3) is 0 Å². The van der Waals surface area contributed by atoms with Gasteiger partial charge in [0.05, 0.1) is 0 Å². The van der Waals surface area contributed by atoms with Gasteiger partial charge >= 0.3 is 0 Å². The summed E-state index contributed by atoms with van der Waals surface area (Å²) in [5.74, 6) is 2.60. The van der Waals surface area contributed by atoms with E-state index in [1.165, 1.54) is 27.8 Å². The molecule has 2 fully saturated rings. The molecule has 4 aliphatic rings. The summed E-state index contributed by atoms with van der Waals surface area (Å²) in [6.45, 7) is 30.1. The molecule has 2 saturated carbocycles. The molecule has 0 bridgehead atoms. The average molecular weight is 851 g/mol. The van der Waals surface area contributed by atoms with Crippen LogP contribution in [0.4, 0.5) is 0 Å². The summed E-state index contributed by atoms with van der Waals surface area (Å²) in [4.78, 5) is 39.3. The molecule has 0 amide bonds. The van der Waals surface area contributed by atoms with Crippen molar-refractivity contribution in [2.24, 2.45) is 33.5 Å². The third-order valence-corrected chi connectivity index (χ3v) is 15.5. The molecule has 1 N–H and O–H groups in total. The van der Waals surface area contributed by atoms with Crippen molar-refractivity contribution in [1.82, 2.24) is 0 Å². The van der Waals surface area contributed by atoms with E-state index in [0.717, 1.165) is 75.3 Å². The van der Waals surface area contributed by atoms with E-state index in [-0.39, 0.29) is 36.3 Å². The van der Waals surface area contributed by atoms with Crippen LogP contribution in [-0.4, -0.2) is 20.5 Å². The van der Waals surface area contributed by atoms with Crippen LogP contribution >= 0.6 is 22.6 Å². The standard InChI is InChI=1S/C25H35IO2.C24H36O2/c1-15(2)17-13-16-9-10-20-24(6,19(16)14-18(17)21(26)27)11-8-12-25(20,7)22(28)23(3,4)5;1-15(2)17-13-16-9-10-20-23(6,18(16)14-19(17)25)11-8-12-24(20,7)21(26)22(3,4)5/h13-15,20H,8-12H2,1-7H3;13-15,20,25H,8-12H2,1-7H3. The molecule has 54 heavy (non-hydrogen) atoms. The maximum Gasteiger partial charge on any atom is 0.222 e. The van der Waals surface area contributed by atoms with Gasteiger partial charge < -0.3 is 5.11 Å². The Morgan fingerprint density at radius 2 is 1.04 bits per heavy atom. The minimum Gasteiger partial charge on any atom is -0.508 e. The topological polar surface area (TPSA) is 71.4 Å². The second-order valence-electron chi connectivity index (χ2n) is 21.5. The van der Waals surface area contributed by atoms with Gasteiger partial charge in [0.15, 0.2) is 0 Å². The number of phenolic OH excluding ortho intramolecular Hbond substituents is 1. The van der Waals surface area contributed by atoms with E-state index in [2.05, 4.69) is 115 Å². The Labute approximate surface area is 342 Å². The molecule has 4 nitrogen and oxygen atoms in total. The number of aryl methyl sites for hydroxylation is 2. The zero-order valence-electron chi connectivity index (χ0n) is 36.2. The molecule has 0 radical (unpaired) electrons. The predicted molar refractivity (Wildman–Crippen MR) is 232 cm³/mol. The lowest BCUT2D eigenvalue weighted by molar-refractivity contribution is -0.145. The van der Waals surface area contributed by atoms with Crippen LogP contribution in [0.3, 0.4) is 0 Å². The molecule has 0 spiro atoms. The molecule has 5 heteroatoms. The number of ketones is 2. The predicted octanol–water partition coefficient (Wildman–Crippen LogP) is 13.2. The van der Waals surface area contributed by atoms with Crippen LogP contribution in [0.2, 0.25) is 0 Å². The van der Waals surface area contributed by atoms with Crippen LogP contribution in [0, 0.1) is 33.5 Å². The lowest BCUT2D eigenvalue weighted by Gasteiger charge is -2.56. The number of hydrogen-bond donors (Lipinski definition) is 1. The molecule has 4 aliphatic carbocycles. The van der Waals surface area contributed by atoms with Crippen molar-refractivity contribution in [3.05, 3.63) is 63.2 Å². The van der Waals surface area contributed by atoms with Gasteiger partial charge in [-0.05, 0) is 131 Å². The zero-order valence-corrected chi connectivity index (χ0v) is 38.4. The summed E-state index contributed by atoms with van der Waals surface area (Å²) in [7, 11) is 0. The van der Waals surface area contributed by atoms with E-state index in [9.17, 15) is 19.5 Å². The first-order valence-electron chi connectivity index (χ1n) is 21.1. The Morgan fingerprint density at radius 3 is 1.41 bits per heavy atom. The number of hydrogen-bond acceptors (Lipinski definition) is 4. The molecule has 2 aromatic carbocycles. The summed E-state index contributed by atoms with van der Waals surface area (Å²) in [6, 6.07) is 8.75. The van der Waals surface area contributed by atoms with Crippen molar-refractivity contribution in [3.8, 4) is 5.75 Å². The summed E-state index contributed by atoms with van der Waals surface area (Å²) < 4.78 is 0.124. The molecule has 6 rings (SSSR count). The van der Waals surface area contributed by atoms with Crippen LogP contribution in [0.5, 0.6) is 5.75 Å². The van der Waals surface area contributed by atoms with Crippen molar-refractivity contribution in [2.45, 2.75) is 184 Å². The van der Waals surface area contributed by atoms with Crippen LogP contribution in [0.15, 0.2) is 24.3 Å². The smallest absolute Gasteiger partial charge is 0.222 e. The number of halogens is 1. The highest BCUT2D eigenvalue weighted by Gasteiger charge is 2.58. The van der Waals surface area contributed by atoms with Crippen molar-refractivity contribution < 1.29 is 19.5 Å². The molecule has 0 saturated heterocycles. The summed E-state index contributed by atoms with van der Waals surface area (Å²) in [5, 5.41) is 10.6. The number of rotatable bonds is 5. The van der Waals surface area contributed by atoms with E-state index >= 15 is 0 Å². The van der Waals surface area contributed by atoms with Gasteiger partial charge in [0.1, 0.15) is 17.3 Å². The number of fused-ring (bicyclic) bond motifs is 6. The molecule has 6 unspecified atom stereocenters. The van der Waals surface area contributed by atoms with Gasteiger partial charge in [-0.3, -0.25) is 14.4 Å². The molecule has 6 atom stereocenters.